The minimum Gasteiger partial charge on any atom is -0.354 e. The molecule has 0 N–H and O–H groups in total. The Morgan fingerprint density at radius 3 is 2.48 bits per heavy atom. The van der Waals surface area contributed by atoms with E-state index in [9.17, 15) is 4.79 Å². The van der Waals surface area contributed by atoms with E-state index in [-0.39, 0.29) is 0 Å². The number of nitrogens with zero attached hydrogens (tertiary/aromatic N) is 5. The van der Waals surface area contributed by atoms with E-state index < -0.39 is 0 Å². The summed E-state index contributed by atoms with van der Waals surface area (Å²) < 4.78 is 2.01. The standard InChI is InChI=1S/C17H23N5O/c23-15(20-7-1-2-8-20)13-14-3-9-21(10-4-14)16-17-19-6-12-22(17)11-5-18-16/h5-6,11-12,14H,1-4,7-10,13H2. The van der Waals surface area contributed by atoms with Crippen LogP contribution in [0.2, 0.25) is 0 Å². The molecule has 0 aromatic carbocycles. The van der Waals surface area contributed by atoms with E-state index >= 15 is 0 Å². The summed E-state index contributed by atoms with van der Waals surface area (Å²) in [5, 5.41) is 0. The van der Waals surface area contributed by atoms with Crippen LogP contribution in [0.4, 0.5) is 5.82 Å². The lowest BCUT2D eigenvalue weighted by Gasteiger charge is -2.33. The molecule has 2 aromatic rings. The maximum atomic E-state index is 12.3. The van der Waals surface area contributed by atoms with Crippen molar-refractivity contribution in [3.63, 3.8) is 0 Å². The summed E-state index contributed by atoms with van der Waals surface area (Å²) in [6, 6.07) is 0. The van der Waals surface area contributed by atoms with E-state index in [0.717, 1.165) is 56.9 Å². The number of piperidine rings is 1. The SMILES string of the molecule is O=C(CC1CCN(c2nccn3ccnc23)CC1)N1CCCC1. The predicted molar refractivity (Wildman–Crippen MR) is 88.4 cm³/mol. The van der Waals surface area contributed by atoms with Gasteiger partial charge in [0.2, 0.25) is 5.91 Å². The van der Waals surface area contributed by atoms with E-state index in [2.05, 4.69) is 14.9 Å². The summed E-state index contributed by atoms with van der Waals surface area (Å²) in [6.45, 7) is 3.84. The number of fused-ring (bicyclic) bond motifs is 1. The van der Waals surface area contributed by atoms with Gasteiger partial charge in [-0.25, -0.2) is 9.97 Å². The highest BCUT2D eigenvalue weighted by Crippen LogP contribution is 2.27. The van der Waals surface area contributed by atoms with Gasteiger partial charge in [-0.2, -0.15) is 0 Å². The number of hydrogen-bond acceptors (Lipinski definition) is 4. The van der Waals surface area contributed by atoms with Crippen molar-refractivity contribution < 1.29 is 4.79 Å². The van der Waals surface area contributed by atoms with Crippen molar-refractivity contribution in [1.82, 2.24) is 19.3 Å². The molecule has 6 heteroatoms. The quantitative estimate of drug-likeness (QED) is 0.869. The molecule has 4 heterocycles. The molecular formula is C17H23N5O. The fraction of sp³-hybridized carbons (Fsp3) is 0.588. The third-order valence-corrected chi connectivity index (χ3v) is 5.13. The lowest BCUT2D eigenvalue weighted by molar-refractivity contribution is -0.131. The molecular weight excluding hydrogens is 290 g/mol. The molecule has 0 radical (unpaired) electrons. The third-order valence-electron chi connectivity index (χ3n) is 5.13. The Morgan fingerprint density at radius 2 is 1.74 bits per heavy atom. The van der Waals surface area contributed by atoms with Crippen molar-refractivity contribution in [2.45, 2.75) is 32.1 Å². The van der Waals surface area contributed by atoms with Crippen molar-refractivity contribution in [3.8, 4) is 0 Å². The number of imidazole rings is 1. The van der Waals surface area contributed by atoms with E-state index in [1.807, 2.05) is 34.1 Å². The van der Waals surface area contributed by atoms with Crippen LogP contribution in [-0.4, -0.2) is 51.4 Å². The van der Waals surface area contributed by atoms with Crippen LogP contribution in [0.25, 0.3) is 5.65 Å². The van der Waals surface area contributed by atoms with Gasteiger partial charge in [0.25, 0.3) is 0 Å². The average Bonchev–Trinajstić information content (AvgIpc) is 3.26. The normalized spacial score (nSPS) is 19.7. The van der Waals surface area contributed by atoms with Crippen LogP contribution in [0.3, 0.4) is 0 Å². The van der Waals surface area contributed by atoms with Crippen molar-refractivity contribution in [1.29, 1.82) is 0 Å². The number of rotatable bonds is 3. The fourth-order valence-corrected chi connectivity index (χ4v) is 3.75. The molecule has 122 valence electrons. The summed E-state index contributed by atoms with van der Waals surface area (Å²) in [7, 11) is 0. The molecule has 4 rings (SSSR count). The van der Waals surface area contributed by atoms with Gasteiger partial charge in [0, 0.05) is 57.4 Å². The largest absolute Gasteiger partial charge is 0.354 e. The molecule has 0 aliphatic carbocycles. The van der Waals surface area contributed by atoms with Crippen molar-refractivity contribution in [3.05, 3.63) is 24.8 Å². The molecule has 0 spiro atoms. The zero-order chi connectivity index (χ0) is 15.6. The summed E-state index contributed by atoms with van der Waals surface area (Å²) >= 11 is 0. The van der Waals surface area contributed by atoms with Gasteiger partial charge in [0.05, 0.1) is 0 Å². The highest BCUT2D eigenvalue weighted by atomic mass is 16.2. The van der Waals surface area contributed by atoms with Gasteiger partial charge in [-0.05, 0) is 31.6 Å². The third kappa shape index (κ3) is 2.90. The topological polar surface area (TPSA) is 53.7 Å². The molecule has 2 aliphatic rings. The van der Waals surface area contributed by atoms with Crippen LogP contribution >= 0.6 is 0 Å². The van der Waals surface area contributed by atoms with Crippen LogP contribution < -0.4 is 4.90 Å². The number of carbonyl (C=O) groups is 1. The first-order chi connectivity index (χ1) is 11.3. The Hall–Kier alpha value is -2.11. The van der Waals surface area contributed by atoms with Crippen molar-refractivity contribution >= 4 is 17.4 Å². The molecule has 1 amide bonds. The number of hydrogen-bond donors (Lipinski definition) is 0. The number of carbonyl (C=O) groups excluding carboxylic acids is 1. The smallest absolute Gasteiger partial charge is 0.222 e. The molecule has 2 saturated heterocycles. The van der Waals surface area contributed by atoms with E-state index in [4.69, 9.17) is 0 Å². The lowest BCUT2D eigenvalue weighted by atomic mass is 9.93. The van der Waals surface area contributed by atoms with E-state index in [1.165, 1.54) is 12.8 Å². The Bertz CT molecular complexity index is 683. The zero-order valence-electron chi connectivity index (χ0n) is 13.4. The van der Waals surface area contributed by atoms with Crippen LogP contribution in [0.1, 0.15) is 32.1 Å². The first-order valence-electron chi connectivity index (χ1n) is 8.61. The van der Waals surface area contributed by atoms with E-state index in [1.54, 1.807) is 0 Å². The number of anilines is 1. The minimum absolute atomic E-state index is 0.356. The Kier molecular flexibility index (Phi) is 3.89. The van der Waals surface area contributed by atoms with Gasteiger partial charge in [-0.15, -0.1) is 0 Å². The first kappa shape index (κ1) is 14.5. The Morgan fingerprint density at radius 1 is 1.04 bits per heavy atom. The fourth-order valence-electron chi connectivity index (χ4n) is 3.75. The predicted octanol–water partition coefficient (Wildman–Crippen LogP) is 1.96. The lowest BCUT2D eigenvalue weighted by Crippen LogP contribution is -2.37. The molecule has 2 aromatic heterocycles. The van der Waals surface area contributed by atoms with Crippen LogP contribution in [0, 0.1) is 5.92 Å². The summed E-state index contributed by atoms with van der Waals surface area (Å²) in [5.41, 5.74) is 0.916. The van der Waals surface area contributed by atoms with Crippen LogP contribution in [0.15, 0.2) is 24.8 Å². The van der Waals surface area contributed by atoms with Gasteiger partial charge in [-0.3, -0.25) is 4.79 Å². The molecule has 23 heavy (non-hydrogen) atoms. The van der Waals surface area contributed by atoms with Gasteiger partial charge in [0.15, 0.2) is 11.5 Å². The number of likely N-dealkylation sites (tertiary alicyclic amines) is 1. The zero-order valence-corrected chi connectivity index (χ0v) is 13.4. The minimum atomic E-state index is 0.356. The highest BCUT2D eigenvalue weighted by molar-refractivity contribution is 5.76. The molecule has 2 aliphatic heterocycles. The second kappa shape index (κ2) is 6.18. The Balaban J connectivity index is 1.37. The van der Waals surface area contributed by atoms with Gasteiger partial charge >= 0.3 is 0 Å². The molecule has 0 atom stereocenters. The van der Waals surface area contributed by atoms with Gasteiger partial charge in [-0.1, -0.05) is 0 Å². The summed E-state index contributed by atoms with van der Waals surface area (Å²) in [4.78, 5) is 25.6. The average molecular weight is 313 g/mol. The second-order valence-corrected chi connectivity index (χ2v) is 6.63. The second-order valence-electron chi connectivity index (χ2n) is 6.63. The first-order valence-corrected chi connectivity index (χ1v) is 8.61. The van der Waals surface area contributed by atoms with E-state index in [0.29, 0.717) is 11.8 Å². The van der Waals surface area contributed by atoms with Gasteiger partial charge in [0.1, 0.15) is 0 Å². The molecule has 0 bridgehead atoms. The number of amides is 1. The van der Waals surface area contributed by atoms with Crippen LogP contribution in [-0.2, 0) is 4.79 Å². The Labute approximate surface area is 136 Å². The number of aromatic nitrogens is 3. The monoisotopic (exact) mass is 313 g/mol. The van der Waals surface area contributed by atoms with Crippen LogP contribution in [0.5, 0.6) is 0 Å². The molecule has 2 fully saturated rings. The molecule has 0 saturated carbocycles. The summed E-state index contributed by atoms with van der Waals surface area (Å²) in [5.74, 6) is 1.83. The van der Waals surface area contributed by atoms with Crippen molar-refractivity contribution in [2.24, 2.45) is 5.92 Å². The van der Waals surface area contributed by atoms with Gasteiger partial charge < -0.3 is 14.2 Å². The maximum Gasteiger partial charge on any atom is 0.222 e. The van der Waals surface area contributed by atoms with Crippen molar-refractivity contribution in [2.75, 3.05) is 31.1 Å². The highest BCUT2D eigenvalue weighted by Gasteiger charge is 2.26. The maximum absolute atomic E-state index is 12.3. The molecule has 6 nitrogen and oxygen atoms in total. The molecule has 0 unspecified atom stereocenters. The summed E-state index contributed by atoms with van der Waals surface area (Å²) in [6.07, 6.45) is 12.7.